The molecule has 58 valence electrons. The number of hydrogen-bond acceptors (Lipinski definition) is 1. The molecule has 1 N–H and O–H groups in total. The molecule has 1 aromatic carbocycles. The van der Waals surface area contributed by atoms with E-state index < -0.39 is 5.97 Å². The summed E-state index contributed by atoms with van der Waals surface area (Å²) in [5, 5.41) is 8.60. The molecule has 0 aliphatic carbocycles. The van der Waals surface area contributed by atoms with Crippen molar-refractivity contribution in [2.45, 2.75) is 6.16 Å². The van der Waals surface area contributed by atoms with Crippen molar-refractivity contribution in [2.24, 2.45) is 0 Å². The van der Waals surface area contributed by atoms with Crippen LogP contribution in [0.5, 0.6) is 0 Å². The summed E-state index contributed by atoms with van der Waals surface area (Å²) in [6.07, 6.45) is 0.793. The number of rotatable bonds is 2. The second-order valence-corrected chi connectivity index (χ2v) is 2.62. The minimum absolute atomic E-state index is 0.352. The van der Waals surface area contributed by atoms with E-state index in [-0.39, 0.29) is 0 Å². The summed E-state index contributed by atoms with van der Waals surface area (Å²) < 4.78 is 0. The highest BCUT2D eigenvalue weighted by Gasteiger charge is 2.00. The fourth-order valence-corrected chi connectivity index (χ4v) is 1.09. The van der Waals surface area contributed by atoms with Gasteiger partial charge in [0.2, 0.25) is 0 Å². The number of aromatic carboxylic acids is 1. The summed E-state index contributed by atoms with van der Waals surface area (Å²) in [5.74, 6) is -0.870. The zero-order valence-corrected chi connectivity index (χ0v) is 7.10. The van der Waals surface area contributed by atoms with Gasteiger partial charge in [0.05, 0.1) is 5.56 Å². The van der Waals surface area contributed by atoms with Crippen LogP contribution in [0.15, 0.2) is 24.3 Å². The number of hydrogen-bond donors (Lipinski definition) is 1. The first-order valence-electron chi connectivity index (χ1n) is 3.26. The fourth-order valence-electron chi connectivity index (χ4n) is 0.831. The first-order valence-corrected chi connectivity index (χ1v) is 4.08. The second kappa shape index (κ2) is 3.49. The minimum atomic E-state index is -0.870. The van der Waals surface area contributed by atoms with Gasteiger partial charge in [0.15, 0.2) is 0 Å². The van der Waals surface area contributed by atoms with Gasteiger partial charge in [-0.05, 0) is 23.9 Å². The topological polar surface area (TPSA) is 37.3 Å². The van der Waals surface area contributed by atoms with Gasteiger partial charge in [0.1, 0.15) is 0 Å². The van der Waals surface area contributed by atoms with Crippen molar-refractivity contribution in [3.63, 3.8) is 0 Å². The Bertz CT molecular complexity index is 271. The number of carboxylic acids is 1. The molecule has 11 heavy (non-hydrogen) atoms. The van der Waals surface area contributed by atoms with Crippen LogP contribution in [0.4, 0.5) is 0 Å². The molecule has 1 unspecified atom stereocenters. The molecule has 0 saturated heterocycles. The highest BCUT2D eigenvalue weighted by atomic mass is 31.0. The lowest BCUT2D eigenvalue weighted by atomic mass is 10.1. The molecular formula is C8H9O2P. The van der Waals surface area contributed by atoms with Gasteiger partial charge in [-0.1, -0.05) is 12.1 Å². The van der Waals surface area contributed by atoms with E-state index in [0.29, 0.717) is 5.56 Å². The van der Waals surface area contributed by atoms with Gasteiger partial charge in [-0.25, -0.2) is 4.79 Å². The van der Waals surface area contributed by atoms with E-state index >= 15 is 0 Å². The van der Waals surface area contributed by atoms with Gasteiger partial charge in [-0.2, -0.15) is 0 Å². The summed E-state index contributed by atoms with van der Waals surface area (Å²) in [5.41, 5.74) is 1.37. The molecule has 1 aromatic rings. The number of carboxylic acid groups (broad SMARTS) is 1. The molecule has 2 nitrogen and oxygen atoms in total. The molecule has 1 atom stereocenters. The first kappa shape index (κ1) is 8.22. The van der Waals surface area contributed by atoms with Crippen LogP contribution in [-0.2, 0) is 6.16 Å². The summed E-state index contributed by atoms with van der Waals surface area (Å²) in [7, 11) is 2.56. The maximum absolute atomic E-state index is 10.5. The lowest BCUT2D eigenvalue weighted by Crippen LogP contribution is -1.95. The van der Waals surface area contributed by atoms with Crippen LogP contribution in [0.25, 0.3) is 0 Å². The molecule has 0 aliphatic heterocycles. The third-order valence-corrected chi connectivity index (χ3v) is 1.88. The molecule has 0 radical (unpaired) electrons. The Morgan fingerprint density at radius 1 is 1.55 bits per heavy atom. The zero-order chi connectivity index (χ0) is 8.27. The largest absolute Gasteiger partial charge is 0.478 e. The molecule has 0 heterocycles. The van der Waals surface area contributed by atoms with Crippen molar-refractivity contribution in [3.05, 3.63) is 35.4 Å². The maximum Gasteiger partial charge on any atom is 0.335 e. The predicted molar refractivity (Wildman–Crippen MR) is 46.8 cm³/mol. The molecule has 3 heteroatoms. The highest BCUT2D eigenvalue weighted by Crippen LogP contribution is 2.08. The molecule has 0 aromatic heterocycles. The normalized spacial score (nSPS) is 9.55. The summed E-state index contributed by atoms with van der Waals surface area (Å²) in [6, 6.07) is 6.92. The lowest BCUT2D eigenvalue weighted by molar-refractivity contribution is 0.0697. The SMILES string of the molecule is O=C(O)c1cccc(CP)c1. The quantitative estimate of drug-likeness (QED) is 0.683. The third kappa shape index (κ3) is 2.02. The predicted octanol–water partition coefficient (Wildman–Crippen LogP) is 1.76. The van der Waals surface area contributed by atoms with Crippen LogP contribution >= 0.6 is 9.24 Å². The Kier molecular flexibility index (Phi) is 2.61. The van der Waals surface area contributed by atoms with E-state index in [1.54, 1.807) is 18.2 Å². The highest BCUT2D eigenvalue weighted by molar-refractivity contribution is 7.15. The molecule has 0 bridgehead atoms. The van der Waals surface area contributed by atoms with Crippen molar-refractivity contribution in [1.29, 1.82) is 0 Å². The van der Waals surface area contributed by atoms with Crippen molar-refractivity contribution < 1.29 is 9.90 Å². The average molecular weight is 168 g/mol. The summed E-state index contributed by atoms with van der Waals surface area (Å²) >= 11 is 0. The van der Waals surface area contributed by atoms with E-state index in [1.807, 2.05) is 6.07 Å². The Morgan fingerprint density at radius 2 is 2.27 bits per heavy atom. The van der Waals surface area contributed by atoms with Gasteiger partial charge in [0, 0.05) is 0 Å². The Balaban J connectivity index is 3.01. The van der Waals surface area contributed by atoms with Gasteiger partial charge in [-0.3, -0.25) is 0 Å². The van der Waals surface area contributed by atoms with Crippen LogP contribution in [0, 0.1) is 0 Å². The van der Waals surface area contributed by atoms with Gasteiger partial charge >= 0.3 is 5.97 Å². The number of carbonyl (C=O) groups is 1. The molecule has 0 spiro atoms. The molecule has 0 fully saturated rings. The molecule has 0 aliphatic rings. The Morgan fingerprint density at radius 3 is 2.82 bits per heavy atom. The Labute approximate surface area is 67.4 Å². The van der Waals surface area contributed by atoms with E-state index in [0.717, 1.165) is 11.7 Å². The second-order valence-electron chi connectivity index (χ2n) is 2.21. The van der Waals surface area contributed by atoms with Crippen LogP contribution in [0.2, 0.25) is 0 Å². The third-order valence-electron chi connectivity index (χ3n) is 1.41. The van der Waals surface area contributed by atoms with E-state index in [4.69, 9.17) is 5.11 Å². The van der Waals surface area contributed by atoms with Crippen molar-refractivity contribution >= 4 is 15.2 Å². The summed E-state index contributed by atoms with van der Waals surface area (Å²) in [4.78, 5) is 10.5. The van der Waals surface area contributed by atoms with Crippen molar-refractivity contribution in [1.82, 2.24) is 0 Å². The first-order chi connectivity index (χ1) is 5.24. The molecule has 0 saturated carbocycles. The smallest absolute Gasteiger partial charge is 0.335 e. The van der Waals surface area contributed by atoms with Gasteiger partial charge < -0.3 is 5.11 Å². The maximum atomic E-state index is 10.5. The van der Waals surface area contributed by atoms with E-state index in [2.05, 4.69) is 9.24 Å². The van der Waals surface area contributed by atoms with Crippen LogP contribution < -0.4 is 0 Å². The van der Waals surface area contributed by atoms with Crippen molar-refractivity contribution in [3.8, 4) is 0 Å². The van der Waals surface area contributed by atoms with Crippen LogP contribution in [-0.4, -0.2) is 11.1 Å². The van der Waals surface area contributed by atoms with Gasteiger partial charge in [-0.15, -0.1) is 9.24 Å². The Hall–Kier alpha value is -0.880. The zero-order valence-electron chi connectivity index (χ0n) is 5.95. The molecule has 1 rings (SSSR count). The van der Waals surface area contributed by atoms with Crippen LogP contribution in [0.1, 0.15) is 15.9 Å². The monoisotopic (exact) mass is 168 g/mol. The fraction of sp³-hybridized carbons (Fsp3) is 0.125. The minimum Gasteiger partial charge on any atom is -0.478 e. The van der Waals surface area contributed by atoms with Gasteiger partial charge in [0.25, 0.3) is 0 Å². The van der Waals surface area contributed by atoms with E-state index in [9.17, 15) is 4.79 Å². The lowest BCUT2D eigenvalue weighted by Gasteiger charge is -1.96. The van der Waals surface area contributed by atoms with E-state index in [1.165, 1.54) is 0 Å². The van der Waals surface area contributed by atoms with Crippen LogP contribution in [0.3, 0.4) is 0 Å². The average Bonchev–Trinajstić information content (AvgIpc) is 2.05. The van der Waals surface area contributed by atoms with Crippen molar-refractivity contribution in [2.75, 3.05) is 0 Å². The molecule has 0 amide bonds. The number of benzene rings is 1. The molecular weight excluding hydrogens is 159 g/mol. The summed E-state index contributed by atoms with van der Waals surface area (Å²) in [6.45, 7) is 0. The standard InChI is InChI=1S/C8H9O2P/c9-8(10)7-3-1-2-6(4-7)5-11/h1-4H,5,11H2,(H,9,10).